The van der Waals surface area contributed by atoms with E-state index in [0.717, 1.165) is 21.9 Å². The van der Waals surface area contributed by atoms with Crippen LogP contribution in [0.15, 0.2) is 54.6 Å². The van der Waals surface area contributed by atoms with Gasteiger partial charge in [0.25, 0.3) is 0 Å². The van der Waals surface area contributed by atoms with Gasteiger partial charge in [0, 0.05) is 11.9 Å². The van der Waals surface area contributed by atoms with Gasteiger partial charge >= 0.3 is 0 Å². The number of aromatic amines is 1. The highest BCUT2D eigenvalue weighted by molar-refractivity contribution is 7.71. The van der Waals surface area contributed by atoms with E-state index in [2.05, 4.69) is 17.0 Å². The number of hydrogen-bond donors (Lipinski definition) is 3. The predicted molar refractivity (Wildman–Crippen MR) is 91.9 cm³/mol. The van der Waals surface area contributed by atoms with Crippen LogP contribution in [-0.2, 0) is 0 Å². The maximum Gasteiger partial charge on any atom is 0.136 e. The summed E-state index contributed by atoms with van der Waals surface area (Å²) in [4.78, 5) is 0. The molecule has 22 heavy (non-hydrogen) atoms. The lowest BCUT2D eigenvalue weighted by atomic mass is 10.3. The van der Waals surface area contributed by atoms with Gasteiger partial charge in [-0.15, -0.1) is 0 Å². The summed E-state index contributed by atoms with van der Waals surface area (Å²) < 4.78 is 2.48. The zero-order valence-electron chi connectivity index (χ0n) is 11.8. The van der Waals surface area contributed by atoms with Gasteiger partial charge in [-0.3, -0.25) is 5.10 Å². The summed E-state index contributed by atoms with van der Waals surface area (Å²) in [7, 11) is 0. The standard InChI is InChI=1S/C17H15N3OS/c1-12-16(11-18-13-7-9-15(21)10-8-13)17(22)20(19-12)14-5-3-2-4-6-14/h2-11,18-19,21H,1H2/b16-11-. The lowest BCUT2D eigenvalue weighted by Crippen LogP contribution is -2.22. The van der Waals surface area contributed by atoms with Crippen LogP contribution in [0.3, 0.4) is 0 Å². The average Bonchev–Trinajstić information content (AvgIpc) is 2.82. The molecule has 5 heteroatoms. The third-order valence-corrected chi connectivity index (χ3v) is 3.67. The Hall–Kier alpha value is -2.79. The van der Waals surface area contributed by atoms with E-state index in [0.29, 0.717) is 4.64 Å². The molecule has 0 fully saturated rings. The number of para-hydroxylation sites is 1. The minimum Gasteiger partial charge on any atom is -0.508 e. The molecule has 0 amide bonds. The van der Waals surface area contributed by atoms with Crippen LogP contribution < -0.4 is 15.9 Å². The number of rotatable bonds is 3. The summed E-state index contributed by atoms with van der Waals surface area (Å²) in [6, 6.07) is 16.6. The SMILES string of the molecule is C=c1[nH]n(-c2ccccc2)c(=S)/c1=C\Nc1ccc(O)cc1. The van der Waals surface area contributed by atoms with Crippen LogP contribution in [0.25, 0.3) is 18.5 Å². The van der Waals surface area contributed by atoms with Gasteiger partial charge in [0.05, 0.1) is 16.3 Å². The first-order valence-corrected chi connectivity index (χ1v) is 7.17. The summed E-state index contributed by atoms with van der Waals surface area (Å²) in [5.41, 5.74) is 1.82. The monoisotopic (exact) mass is 309 g/mol. The fourth-order valence-corrected chi connectivity index (χ4v) is 2.45. The smallest absolute Gasteiger partial charge is 0.136 e. The van der Waals surface area contributed by atoms with Gasteiger partial charge in [-0.2, -0.15) is 0 Å². The van der Waals surface area contributed by atoms with Crippen LogP contribution in [0.2, 0.25) is 0 Å². The van der Waals surface area contributed by atoms with Crippen LogP contribution in [0.4, 0.5) is 5.69 Å². The second kappa shape index (κ2) is 5.91. The van der Waals surface area contributed by atoms with E-state index in [1.54, 1.807) is 24.3 Å². The van der Waals surface area contributed by atoms with Crippen molar-refractivity contribution in [3.05, 3.63) is 69.8 Å². The molecular weight excluding hydrogens is 294 g/mol. The van der Waals surface area contributed by atoms with Crippen LogP contribution in [0.5, 0.6) is 5.75 Å². The summed E-state index contributed by atoms with van der Waals surface area (Å²) >= 11 is 5.51. The molecule has 0 radical (unpaired) electrons. The number of benzene rings is 2. The Kier molecular flexibility index (Phi) is 3.80. The minimum atomic E-state index is 0.232. The second-order valence-electron chi connectivity index (χ2n) is 4.82. The highest BCUT2D eigenvalue weighted by Crippen LogP contribution is 2.13. The van der Waals surface area contributed by atoms with Crippen LogP contribution >= 0.6 is 12.2 Å². The Labute approximate surface area is 132 Å². The third kappa shape index (κ3) is 2.80. The Bertz CT molecular complexity index is 940. The molecule has 2 aromatic carbocycles. The molecule has 0 aliphatic rings. The summed E-state index contributed by atoms with van der Waals surface area (Å²) in [5.74, 6) is 0.232. The van der Waals surface area contributed by atoms with Crippen molar-refractivity contribution in [2.75, 3.05) is 5.32 Å². The molecule has 110 valence electrons. The molecule has 3 rings (SSSR count). The number of phenols is 1. The molecule has 0 spiro atoms. The fourth-order valence-electron chi connectivity index (χ4n) is 2.12. The third-order valence-electron chi connectivity index (χ3n) is 3.27. The molecule has 0 saturated heterocycles. The van der Waals surface area contributed by atoms with Gasteiger partial charge in [-0.25, -0.2) is 4.68 Å². The fraction of sp³-hybridized carbons (Fsp3) is 0. The van der Waals surface area contributed by atoms with Crippen molar-refractivity contribution in [2.24, 2.45) is 0 Å². The second-order valence-corrected chi connectivity index (χ2v) is 5.20. The van der Waals surface area contributed by atoms with E-state index in [1.165, 1.54) is 0 Å². The molecule has 4 nitrogen and oxygen atoms in total. The van der Waals surface area contributed by atoms with Gasteiger partial charge in [0.1, 0.15) is 10.4 Å². The zero-order valence-corrected chi connectivity index (χ0v) is 12.6. The van der Waals surface area contributed by atoms with E-state index in [1.807, 2.05) is 41.2 Å². The molecule has 1 heterocycles. The van der Waals surface area contributed by atoms with Crippen molar-refractivity contribution in [1.29, 1.82) is 0 Å². The van der Waals surface area contributed by atoms with Crippen molar-refractivity contribution in [3.8, 4) is 11.4 Å². The molecule has 3 aromatic rings. The number of anilines is 1. The van der Waals surface area contributed by atoms with Crippen molar-refractivity contribution >= 4 is 30.7 Å². The average molecular weight is 309 g/mol. The van der Waals surface area contributed by atoms with Gasteiger partial charge in [0.15, 0.2) is 0 Å². The summed E-state index contributed by atoms with van der Waals surface area (Å²) in [6.07, 6.45) is 1.81. The normalized spacial score (nSPS) is 11.5. The van der Waals surface area contributed by atoms with E-state index in [9.17, 15) is 5.11 Å². The number of H-pyrrole nitrogens is 1. The lowest BCUT2D eigenvalue weighted by Gasteiger charge is -2.01. The molecule has 0 aliphatic carbocycles. The molecule has 0 saturated carbocycles. The molecule has 3 N–H and O–H groups in total. The minimum absolute atomic E-state index is 0.232. The molecule has 0 unspecified atom stereocenters. The first kappa shape index (κ1) is 14.2. The molecular formula is C17H15N3OS. The van der Waals surface area contributed by atoms with E-state index < -0.39 is 0 Å². The Morgan fingerprint density at radius 2 is 1.77 bits per heavy atom. The van der Waals surface area contributed by atoms with Gasteiger partial charge in [0.2, 0.25) is 0 Å². The number of aromatic nitrogens is 2. The first-order valence-electron chi connectivity index (χ1n) is 6.76. The Morgan fingerprint density at radius 3 is 2.45 bits per heavy atom. The predicted octanol–water partition coefficient (Wildman–Crippen LogP) is 2.50. The van der Waals surface area contributed by atoms with Crippen molar-refractivity contribution < 1.29 is 5.11 Å². The van der Waals surface area contributed by atoms with Crippen molar-refractivity contribution in [3.63, 3.8) is 0 Å². The van der Waals surface area contributed by atoms with Crippen molar-refractivity contribution in [2.45, 2.75) is 0 Å². The quantitative estimate of drug-likeness (QED) is 0.515. The molecule has 0 bridgehead atoms. The van der Waals surface area contributed by atoms with Crippen LogP contribution in [0.1, 0.15) is 0 Å². The molecule has 1 aromatic heterocycles. The zero-order chi connectivity index (χ0) is 15.5. The number of nitrogens with zero attached hydrogens (tertiary/aromatic N) is 1. The highest BCUT2D eigenvalue weighted by Gasteiger charge is 2.00. The number of phenolic OH excluding ortho intramolecular Hbond substituents is 1. The summed E-state index contributed by atoms with van der Waals surface area (Å²) in [5, 5.41) is 17.2. The maximum absolute atomic E-state index is 9.29. The first-order chi connectivity index (χ1) is 10.6. The van der Waals surface area contributed by atoms with Gasteiger partial charge in [-0.1, -0.05) is 37.0 Å². The van der Waals surface area contributed by atoms with Crippen LogP contribution in [0, 0.1) is 4.64 Å². The number of aromatic hydroxyl groups is 1. The van der Waals surface area contributed by atoms with Gasteiger partial charge < -0.3 is 10.4 Å². The molecule has 0 atom stereocenters. The van der Waals surface area contributed by atoms with Gasteiger partial charge in [-0.05, 0) is 36.4 Å². The summed E-state index contributed by atoms with van der Waals surface area (Å²) in [6.45, 7) is 4.00. The van der Waals surface area contributed by atoms with Crippen LogP contribution in [-0.4, -0.2) is 14.9 Å². The Morgan fingerprint density at radius 1 is 1.09 bits per heavy atom. The maximum atomic E-state index is 9.29. The van der Waals surface area contributed by atoms with Crippen molar-refractivity contribution in [1.82, 2.24) is 9.78 Å². The Balaban J connectivity index is 2.00. The van der Waals surface area contributed by atoms with E-state index in [-0.39, 0.29) is 5.75 Å². The highest BCUT2D eigenvalue weighted by atomic mass is 32.1. The van der Waals surface area contributed by atoms with E-state index >= 15 is 0 Å². The van der Waals surface area contributed by atoms with E-state index in [4.69, 9.17) is 12.2 Å². The number of hydrogen-bond acceptors (Lipinski definition) is 3. The number of nitrogens with one attached hydrogen (secondary N) is 2. The largest absolute Gasteiger partial charge is 0.508 e. The molecule has 0 aliphatic heterocycles. The lowest BCUT2D eigenvalue weighted by molar-refractivity contribution is 0.475. The topological polar surface area (TPSA) is 53.0 Å².